The van der Waals surface area contributed by atoms with Crippen LogP contribution in [0.25, 0.3) is 12.7 Å². The van der Waals surface area contributed by atoms with Gasteiger partial charge in [-0.3, -0.25) is 4.98 Å². The maximum absolute atomic E-state index is 4.15. The lowest BCUT2D eigenvalue weighted by Gasteiger charge is -1.84. The van der Waals surface area contributed by atoms with Crippen molar-refractivity contribution in [1.29, 1.82) is 0 Å². The lowest BCUT2D eigenvalue weighted by atomic mass is 10.3. The molecule has 0 aliphatic rings. The van der Waals surface area contributed by atoms with Crippen LogP contribution < -0.4 is 10.6 Å². The molecule has 10 heavy (non-hydrogen) atoms. The topological polar surface area (TPSA) is 12.9 Å². The van der Waals surface area contributed by atoms with E-state index in [0.29, 0.717) is 0 Å². The van der Waals surface area contributed by atoms with Gasteiger partial charge in [0.25, 0.3) is 0 Å². The molecule has 0 amide bonds. The average Bonchev–Trinajstić information content (AvgIpc) is 1.94. The first-order chi connectivity index (χ1) is 4.84. The van der Waals surface area contributed by atoms with Crippen molar-refractivity contribution >= 4 is 12.7 Å². The molecule has 1 aromatic heterocycles. The number of hydrogen-bond acceptors (Lipinski definition) is 1. The second kappa shape index (κ2) is 3.16. The van der Waals surface area contributed by atoms with E-state index in [0.717, 1.165) is 17.0 Å². The Balaban J connectivity index is 3.29. The van der Waals surface area contributed by atoms with Crippen LogP contribution in [0.1, 0.15) is 13.3 Å². The first-order valence-electron chi connectivity index (χ1n) is 3.44. The second-order valence-corrected chi connectivity index (χ2v) is 2.16. The fourth-order valence-electron chi connectivity index (χ4n) is 0.828. The van der Waals surface area contributed by atoms with E-state index in [1.165, 1.54) is 0 Å². The molecular formula is C9H11N. The molecule has 0 aliphatic heterocycles. The third-order valence-corrected chi connectivity index (χ3v) is 1.32. The summed E-state index contributed by atoms with van der Waals surface area (Å²) in [6, 6.07) is 3.86. The standard InChI is InChI=1S/C9H11N/c1-3-5-9-8(2)6-4-7-10-9/h4-7H,2-3H2,1H3/b9-5+. The van der Waals surface area contributed by atoms with Crippen molar-refractivity contribution in [2.24, 2.45) is 0 Å². The van der Waals surface area contributed by atoms with Crippen LogP contribution in [0.5, 0.6) is 0 Å². The minimum Gasteiger partial charge on any atom is -0.257 e. The zero-order valence-corrected chi connectivity index (χ0v) is 6.17. The molecule has 52 valence electrons. The van der Waals surface area contributed by atoms with Gasteiger partial charge in [0.15, 0.2) is 0 Å². The fraction of sp³-hybridized carbons (Fsp3) is 0.222. The quantitative estimate of drug-likeness (QED) is 0.549. The molecule has 1 aromatic rings. The third-order valence-electron chi connectivity index (χ3n) is 1.32. The Hall–Kier alpha value is -1.11. The van der Waals surface area contributed by atoms with Gasteiger partial charge in [-0.25, -0.2) is 0 Å². The molecule has 0 spiro atoms. The van der Waals surface area contributed by atoms with E-state index in [2.05, 4.69) is 24.6 Å². The summed E-state index contributed by atoms with van der Waals surface area (Å²) in [5.74, 6) is 0. The van der Waals surface area contributed by atoms with Crippen molar-refractivity contribution in [2.75, 3.05) is 0 Å². The summed E-state index contributed by atoms with van der Waals surface area (Å²) in [4.78, 5) is 4.15. The van der Waals surface area contributed by atoms with Crippen molar-refractivity contribution in [3.63, 3.8) is 0 Å². The normalized spacial score (nSPS) is 11.9. The average molecular weight is 133 g/mol. The van der Waals surface area contributed by atoms with Crippen LogP contribution >= 0.6 is 0 Å². The summed E-state index contributed by atoms with van der Waals surface area (Å²) in [5, 5.41) is 2.01. The van der Waals surface area contributed by atoms with Gasteiger partial charge in [-0.1, -0.05) is 25.6 Å². The zero-order chi connectivity index (χ0) is 7.40. The minimum atomic E-state index is 1.00. The Bertz CT molecular complexity index is 301. The van der Waals surface area contributed by atoms with Gasteiger partial charge >= 0.3 is 0 Å². The van der Waals surface area contributed by atoms with E-state index < -0.39 is 0 Å². The highest BCUT2D eigenvalue weighted by Crippen LogP contribution is 1.72. The van der Waals surface area contributed by atoms with E-state index in [-0.39, 0.29) is 0 Å². The molecule has 0 fully saturated rings. The number of rotatable bonds is 1. The number of nitrogens with zero attached hydrogens (tertiary/aromatic N) is 1. The van der Waals surface area contributed by atoms with E-state index in [1.54, 1.807) is 6.20 Å². The van der Waals surface area contributed by atoms with Gasteiger partial charge in [0.05, 0.1) is 5.35 Å². The Morgan fingerprint density at radius 3 is 3.10 bits per heavy atom. The highest BCUT2D eigenvalue weighted by molar-refractivity contribution is 5.20. The molecule has 0 bridgehead atoms. The SMILES string of the molecule is C=c1cccn/c1=C/CC. The maximum atomic E-state index is 4.15. The predicted octanol–water partition coefficient (Wildman–Crippen LogP) is 0.682. The van der Waals surface area contributed by atoms with Crippen LogP contribution in [0.4, 0.5) is 0 Å². The van der Waals surface area contributed by atoms with Crippen molar-refractivity contribution in [3.8, 4) is 0 Å². The summed E-state index contributed by atoms with van der Waals surface area (Å²) < 4.78 is 0. The van der Waals surface area contributed by atoms with Crippen LogP contribution in [0, 0.1) is 0 Å². The van der Waals surface area contributed by atoms with E-state index in [9.17, 15) is 0 Å². The van der Waals surface area contributed by atoms with Crippen LogP contribution in [0.2, 0.25) is 0 Å². The van der Waals surface area contributed by atoms with Gasteiger partial charge in [0, 0.05) is 6.20 Å². The molecule has 0 N–H and O–H groups in total. The van der Waals surface area contributed by atoms with Crippen LogP contribution in [0.3, 0.4) is 0 Å². The zero-order valence-electron chi connectivity index (χ0n) is 6.17. The lowest BCUT2D eigenvalue weighted by molar-refractivity contribution is 1.18. The molecule has 0 unspecified atom stereocenters. The summed E-state index contributed by atoms with van der Waals surface area (Å²) in [6.07, 6.45) is 4.87. The van der Waals surface area contributed by atoms with Gasteiger partial charge < -0.3 is 0 Å². The molecule has 0 aliphatic carbocycles. The van der Waals surface area contributed by atoms with Crippen LogP contribution in [0.15, 0.2) is 18.3 Å². The Morgan fingerprint density at radius 2 is 2.50 bits per heavy atom. The molecule has 1 heterocycles. The minimum absolute atomic E-state index is 1.00. The molecule has 1 nitrogen and oxygen atoms in total. The van der Waals surface area contributed by atoms with E-state index in [1.807, 2.05) is 12.1 Å². The highest BCUT2D eigenvalue weighted by atomic mass is 14.6. The van der Waals surface area contributed by atoms with Crippen LogP contribution in [-0.2, 0) is 0 Å². The summed E-state index contributed by atoms with van der Waals surface area (Å²) in [5.41, 5.74) is 0. The Morgan fingerprint density at radius 1 is 1.70 bits per heavy atom. The predicted molar refractivity (Wildman–Crippen MR) is 43.8 cm³/mol. The summed E-state index contributed by atoms with van der Waals surface area (Å²) in [6.45, 7) is 5.94. The summed E-state index contributed by atoms with van der Waals surface area (Å²) in [7, 11) is 0. The van der Waals surface area contributed by atoms with Crippen molar-refractivity contribution in [2.45, 2.75) is 13.3 Å². The molecule has 1 heteroatoms. The van der Waals surface area contributed by atoms with Gasteiger partial charge in [-0.05, 0) is 17.7 Å². The van der Waals surface area contributed by atoms with Crippen molar-refractivity contribution in [1.82, 2.24) is 4.98 Å². The molecule has 0 radical (unpaired) electrons. The summed E-state index contributed by atoms with van der Waals surface area (Å²) >= 11 is 0. The first-order valence-corrected chi connectivity index (χ1v) is 3.44. The van der Waals surface area contributed by atoms with Crippen LogP contribution in [-0.4, -0.2) is 4.98 Å². The molecule has 0 atom stereocenters. The van der Waals surface area contributed by atoms with Gasteiger partial charge in [-0.15, -0.1) is 0 Å². The molecule has 0 aromatic carbocycles. The first kappa shape index (κ1) is 7.00. The second-order valence-electron chi connectivity index (χ2n) is 2.16. The number of hydrogen-bond donors (Lipinski definition) is 0. The maximum Gasteiger partial charge on any atom is 0.0656 e. The van der Waals surface area contributed by atoms with Gasteiger partial charge in [-0.2, -0.15) is 0 Å². The third kappa shape index (κ3) is 1.44. The van der Waals surface area contributed by atoms with Gasteiger partial charge in [0.1, 0.15) is 0 Å². The smallest absolute Gasteiger partial charge is 0.0656 e. The van der Waals surface area contributed by atoms with E-state index in [4.69, 9.17) is 0 Å². The number of aromatic nitrogens is 1. The number of pyridine rings is 1. The van der Waals surface area contributed by atoms with E-state index >= 15 is 0 Å². The molecule has 0 saturated carbocycles. The van der Waals surface area contributed by atoms with Crippen molar-refractivity contribution < 1.29 is 0 Å². The molecule has 0 saturated heterocycles. The van der Waals surface area contributed by atoms with Gasteiger partial charge in [0.2, 0.25) is 0 Å². The molecule has 1 rings (SSSR count). The largest absolute Gasteiger partial charge is 0.257 e. The lowest BCUT2D eigenvalue weighted by Crippen LogP contribution is -2.25. The van der Waals surface area contributed by atoms with Crippen molar-refractivity contribution in [3.05, 3.63) is 28.9 Å². The highest BCUT2D eigenvalue weighted by Gasteiger charge is 1.78. The molecular weight excluding hydrogens is 122 g/mol. The Kier molecular flexibility index (Phi) is 2.21. The fourth-order valence-corrected chi connectivity index (χ4v) is 0.828. The monoisotopic (exact) mass is 133 g/mol. The Labute approximate surface area is 60.7 Å².